The number of carbonyl (C=O) groups is 1. The van der Waals surface area contributed by atoms with Gasteiger partial charge in [-0.2, -0.15) is 0 Å². The van der Waals surface area contributed by atoms with Gasteiger partial charge in [0.05, 0.1) is 12.2 Å². The molecule has 4 saturated carbocycles. The fourth-order valence-corrected chi connectivity index (χ4v) is 8.71. The molecule has 4 nitrogen and oxygen atoms in total. The summed E-state index contributed by atoms with van der Waals surface area (Å²) in [5, 5.41) is 30.8. The summed E-state index contributed by atoms with van der Waals surface area (Å²) in [5.74, 6) is 2.55. The van der Waals surface area contributed by atoms with Gasteiger partial charge in [-0.15, -0.1) is 0 Å². The molecule has 0 radical (unpaired) electrons. The molecule has 0 saturated heterocycles. The fourth-order valence-electron chi connectivity index (χ4n) is 8.71. The van der Waals surface area contributed by atoms with Gasteiger partial charge in [-0.1, -0.05) is 20.8 Å². The summed E-state index contributed by atoms with van der Waals surface area (Å²) in [7, 11) is 0. The van der Waals surface area contributed by atoms with Gasteiger partial charge < -0.3 is 15.3 Å². The minimum Gasteiger partial charge on any atom is -0.481 e. The van der Waals surface area contributed by atoms with Gasteiger partial charge in [-0.3, -0.25) is 4.79 Å². The molecule has 4 fully saturated rings. The van der Waals surface area contributed by atoms with E-state index in [4.69, 9.17) is 5.11 Å². The first-order valence-corrected chi connectivity index (χ1v) is 11.8. The Hall–Kier alpha value is -0.610. The predicted molar refractivity (Wildman–Crippen MR) is 109 cm³/mol. The van der Waals surface area contributed by atoms with E-state index in [1.807, 2.05) is 0 Å². The highest BCUT2D eigenvalue weighted by molar-refractivity contribution is 5.66. The Balaban J connectivity index is 1.56. The highest BCUT2D eigenvalue weighted by atomic mass is 16.4. The van der Waals surface area contributed by atoms with Crippen molar-refractivity contribution in [2.24, 2.45) is 46.3 Å². The van der Waals surface area contributed by atoms with E-state index in [0.717, 1.165) is 38.5 Å². The number of hydrogen-bond acceptors (Lipinski definition) is 3. The molecule has 0 amide bonds. The molecule has 10 atom stereocenters. The molecule has 0 aliphatic heterocycles. The van der Waals surface area contributed by atoms with Gasteiger partial charge in [0.15, 0.2) is 0 Å². The molecule has 3 N–H and O–H groups in total. The predicted octanol–water partition coefficient (Wildman–Crippen LogP) is 4.48. The summed E-state index contributed by atoms with van der Waals surface area (Å²) in [6.07, 6.45) is 9.26. The second kappa shape index (κ2) is 7.27. The van der Waals surface area contributed by atoms with Crippen LogP contribution < -0.4 is 0 Å². The number of rotatable bonds is 4. The third kappa shape index (κ3) is 3.05. The van der Waals surface area contributed by atoms with Crippen LogP contribution in [0.5, 0.6) is 0 Å². The maximum absolute atomic E-state index is 11.5. The molecule has 160 valence electrons. The zero-order valence-electron chi connectivity index (χ0n) is 17.9. The van der Waals surface area contributed by atoms with Crippen molar-refractivity contribution in [2.45, 2.75) is 97.2 Å². The van der Waals surface area contributed by atoms with E-state index in [1.54, 1.807) is 0 Å². The number of aliphatic carboxylic acids is 1. The molecule has 0 bridgehead atoms. The molecule has 28 heavy (non-hydrogen) atoms. The quantitative estimate of drug-likeness (QED) is 0.659. The van der Waals surface area contributed by atoms with E-state index in [1.165, 1.54) is 19.3 Å². The Morgan fingerprint density at radius 2 is 1.79 bits per heavy atom. The molecule has 4 aliphatic rings. The Morgan fingerprint density at radius 1 is 1.04 bits per heavy atom. The molecular weight excluding hydrogens is 352 g/mol. The average Bonchev–Trinajstić information content (AvgIpc) is 3.00. The maximum atomic E-state index is 11.5. The Bertz CT molecular complexity index is 605. The van der Waals surface area contributed by atoms with Crippen molar-refractivity contribution in [1.29, 1.82) is 0 Å². The average molecular weight is 393 g/mol. The number of fused-ring (bicyclic) bond motifs is 5. The van der Waals surface area contributed by atoms with Crippen LogP contribution >= 0.6 is 0 Å². The van der Waals surface area contributed by atoms with Gasteiger partial charge in [-0.25, -0.2) is 0 Å². The van der Waals surface area contributed by atoms with Gasteiger partial charge in [-0.05, 0) is 104 Å². The summed E-state index contributed by atoms with van der Waals surface area (Å²) in [4.78, 5) is 11.1. The molecule has 4 rings (SSSR count). The van der Waals surface area contributed by atoms with Crippen LogP contribution in [0.2, 0.25) is 0 Å². The molecular formula is C24H40O4. The van der Waals surface area contributed by atoms with Crippen molar-refractivity contribution in [1.82, 2.24) is 0 Å². The second-order valence-electron chi connectivity index (χ2n) is 11.3. The van der Waals surface area contributed by atoms with Crippen molar-refractivity contribution < 1.29 is 20.1 Å². The smallest absolute Gasteiger partial charge is 0.303 e. The number of aliphatic hydroxyl groups excluding tert-OH is 2. The number of carboxylic acids is 1. The van der Waals surface area contributed by atoms with Gasteiger partial charge in [0, 0.05) is 6.42 Å². The van der Waals surface area contributed by atoms with E-state index in [9.17, 15) is 15.0 Å². The third-order valence-corrected chi connectivity index (χ3v) is 10.3. The number of carboxylic acid groups (broad SMARTS) is 1. The number of hydrogen-bond donors (Lipinski definition) is 3. The second-order valence-corrected chi connectivity index (χ2v) is 11.3. The van der Waals surface area contributed by atoms with Crippen LogP contribution in [0.15, 0.2) is 0 Å². The van der Waals surface area contributed by atoms with E-state index in [0.29, 0.717) is 35.5 Å². The molecule has 4 aliphatic carbocycles. The summed E-state index contributed by atoms with van der Waals surface area (Å²) in [6, 6.07) is 0. The minimum atomic E-state index is -0.707. The van der Waals surface area contributed by atoms with Gasteiger partial charge in [0.2, 0.25) is 0 Å². The first-order chi connectivity index (χ1) is 13.2. The standard InChI is InChI=1S/C24H40O4/c1-14(4-9-22(27)28)18-7-8-19-17-6-5-15-12-16(25)10-11-23(15,2)20(17)13-21(26)24(18,19)3/h14-21,25-26H,4-13H2,1-3H3,(H,27,28)/t14?,15?,16-,17?,18?,19?,20?,21+,23+,24-/m1/s1. The van der Waals surface area contributed by atoms with Crippen LogP contribution in [0.25, 0.3) is 0 Å². The number of aliphatic hydroxyl groups is 2. The van der Waals surface area contributed by atoms with E-state index >= 15 is 0 Å². The Morgan fingerprint density at radius 3 is 2.50 bits per heavy atom. The van der Waals surface area contributed by atoms with Crippen LogP contribution in [0, 0.1) is 46.3 Å². The van der Waals surface area contributed by atoms with Crippen molar-refractivity contribution in [2.75, 3.05) is 0 Å². The largest absolute Gasteiger partial charge is 0.481 e. The maximum Gasteiger partial charge on any atom is 0.303 e. The molecule has 6 unspecified atom stereocenters. The fraction of sp³-hybridized carbons (Fsp3) is 0.958. The van der Waals surface area contributed by atoms with Crippen LogP contribution in [0.1, 0.15) is 85.0 Å². The molecule has 0 aromatic carbocycles. The lowest BCUT2D eigenvalue weighted by Crippen LogP contribution is -2.58. The van der Waals surface area contributed by atoms with Crippen molar-refractivity contribution in [3.63, 3.8) is 0 Å². The first-order valence-electron chi connectivity index (χ1n) is 11.8. The zero-order valence-corrected chi connectivity index (χ0v) is 17.9. The van der Waals surface area contributed by atoms with Crippen LogP contribution in [-0.2, 0) is 4.79 Å². The third-order valence-electron chi connectivity index (χ3n) is 10.3. The van der Waals surface area contributed by atoms with Gasteiger partial charge in [0.1, 0.15) is 0 Å². The monoisotopic (exact) mass is 392 g/mol. The van der Waals surface area contributed by atoms with Crippen LogP contribution in [-0.4, -0.2) is 33.5 Å². The van der Waals surface area contributed by atoms with E-state index in [-0.39, 0.29) is 29.5 Å². The van der Waals surface area contributed by atoms with E-state index in [2.05, 4.69) is 20.8 Å². The minimum absolute atomic E-state index is 0.0591. The van der Waals surface area contributed by atoms with Crippen LogP contribution in [0.3, 0.4) is 0 Å². The highest BCUT2D eigenvalue weighted by Crippen LogP contribution is 2.68. The molecule has 0 aromatic rings. The normalized spacial score (nSPS) is 51.7. The Kier molecular flexibility index (Phi) is 5.36. The SMILES string of the molecule is CC(CCC(=O)O)C1CCC2C3CCC4C[C@H](O)CC[C@]4(C)C3C[C@H](O)[C@]12C. The van der Waals surface area contributed by atoms with Gasteiger partial charge in [0.25, 0.3) is 0 Å². The topological polar surface area (TPSA) is 77.8 Å². The lowest BCUT2D eigenvalue weighted by atomic mass is 9.43. The van der Waals surface area contributed by atoms with E-state index < -0.39 is 5.97 Å². The Labute approximate surface area is 170 Å². The summed E-state index contributed by atoms with van der Waals surface area (Å²) >= 11 is 0. The first kappa shape index (κ1) is 20.7. The zero-order chi connectivity index (χ0) is 20.3. The van der Waals surface area contributed by atoms with Crippen molar-refractivity contribution in [3.8, 4) is 0 Å². The lowest BCUT2D eigenvalue weighted by Gasteiger charge is -2.62. The van der Waals surface area contributed by atoms with Crippen molar-refractivity contribution in [3.05, 3.63) is 0 Å². The van der Waals surface area contributed by atoms with Crippen molar-refractivity contribution >= 4 is 5.97 Å². The molecule has 4 heteroatoms. The summed E-state index contributed by atoms with van der Waals surface area (Å²) < 4.78 is 0. The summed E-state index contributed by atoms with van der Waals surface area (Å²) in [6.45, 7) is 6.99. The molecule has 0 spiro atoms. The van der Waals surface area contributed by atoms with Crippen LogP contribution in [0.4, 0.5) is 0 Å². The molecule has 0 aromatic heterocycles. The molecule has 0 heterocycles. The highest BCUT2D eigenvalue weighted by Gasteiger charge is 2.63. The van der Waals surface area contributed by atoms with Gasteiger partial charge >= 0.3 is 5.97 Å². The summed E-state index contributed by atoms with van der Waals surface area (Å²) in [5.41, 5.74) is 0.216. The lowest BCUT2D eigenvalue weighted by molar-refractivity contribution is -0.175.